The summed E-state index contributed by atoms with van der Waals surface area (Å²) in [6.07, 6.45) is 29.8. The van der Waals surface area contributed by atoms with Gasteiger partial charge in [-0.25, -0.2) is 13.9 Å². The van der Waals surface area contributed by atoms with Gasteiger partial charge in [-0.1, -0.05) is 90.4 Å². The first-order valence-corrected chi connectivity index (χ1v) is 17.7. The molecule has 8 nitrogen and oxygen atoms in total. The summed E-state index contributed by atoms with van der Waals surface area (Å²) in [5.41, 5.74) is 0. The highest BCUT2D eigenvalue weighted by Gasteiger charge is 2.21. The molecule has 248 valence electrons. The van der Waals surface area contributed by atoms with Gasteiger partial charge in [-0.05, 0) is 51.9 Å². The number of hydrogen-bond acceptors (Lipinski definition) is 4. The molecule has 2 N–H and O–H groups in total. The maximum atomic E-state index is 12.5. The number of rotatable bonds is 29. The van der Waals surface area contributed by atoms with Crippen LogP contribution in [0.5, 0.6) is 0 Å². The Kier molecular flexibility index (Phi) is 24.4. The zero-order valence-electron chi connectivity index (χ0n) is 28.0. The van der Waals surface area contributed by atoms with Gasteiger partial charge in [0.1, 0.15) is 18.4 Å². The number of aryl methyl sites for hydroxylation is 2. The van der Waals surface area contributed by atoms with Crippen LogP contribution in [0.1, 0.15) is 155 Å². The second kappa shape index (κ2) is 27.2. The van der Waals surface area contributed by atoms with E-state index in [1.54, 1.807) is 6.92 Å². The summed E-state index contributed by atoms with van der Waals surface area (Å²) in [4.78, 5) is 37.0. The lowest BCUT2D eigenvalue weighted by Gasteiger charge is -2.17. The molecule has 1 atom stereocenters. The first kappa shape index (κ1) is 38.6. The molecule has 43 heavy (non-hydrogen) atoms. The van der Waals surface area contributed by atoms with Gasteiger partial charge in [-0.2, -0.15) is 0 Å². The van der Waals surface area contributed by atoms with E-state index in [9.17, 15) is 14.4 Å². The van der Waals surface area contributed by atoms with Crippen molar-refractivity contribution < 1.29 is 23.7 Å². The molecule has 0 saturated heterocycles. The van der Waals surface area contributed by atoms with E-state index in [4.69, 9.17) is 4.74 Å². The number of hydrogen-bond donors (Lipinski definition) is 2. The standard InChI is InChI=1S/C35H64N4O4/c1-4-6-7-8-9-10-13-16-19-25-33(40)36-27-22-21-24-32(35(42)43-5-2)37-34(41)26-20-17-14-11-12-15-18-23-28-39-30-29-38(3)31-39/h29-32H,4-28H2,1-3H3,(H-,36,37,40,41)/p+1. The molecule has 0 aliphatic carbocycles. The van der Waals surface area contributed by atoms with Crippen LogP contribution in [0.25, 0.3) is 0 Å². The molecule has 2 amide bonds. The normalized spacial score (nSPS) is 11.8. The Morgan fingerprint density at radius 3 is 1.84 bits per heavy atom. The fourth-order valence-corrected chi connectivity index (χ4v) is 5.42. The summed E-state index contributed by atoms with van der Waals surface area (Å²) in [6.45, 7) is 6.00. The molecular formula is C35H65N4O4+. The molecular weight excluding hydrogens is 540 g/mol. The molecule has 1 unspecified atom stereocenters. The molecule has 0 saturated carbocycles. The van der Waals surface area contributed by atoms with E-state index in [1.807, 2.05) is 7.05 Å². The van der Waals surface area contributed by atoms with Crippen LogP contribution in [0.4, 0.5) is 0 Å². The first-order valence-electron chi connectivity index (χ1n) is 17.7. The van der Waals surface area contributed by atoms with E-state index in [-0.39, 0.29) is 17.8 Å². The van der Waals surface area contributed by atoms with Crippen molar-refractivity contribution in [1.82, 2.24) is 15.2 Å². The number of esters is 1. The first-order chi connectivity index (χ1) is 21.0. The molecule has 0 radical (unpaired) electrons. The third-order valence-corrected chi connectivity index (χ3v) is 8.05. The molecule has 0 spiro atoms. The zero-order valence-corrected chi connectivity index (χ0v) is 28.0. The summed E-state index contributed by atoms with van der Waals surface area (Å²) >= 11 is 0. The summed E-state index contributed by atoms with van der Waals surface area (Å²) in [5.74, 6) is -0.331. The minimum absolute atomic E-state index is 0.0780. The average molecular weight is 606 g/mol. The number of ether oxygens (including phenoxy) is 1. The van der Waals surface area contributed by atoms with Crippen molar-refractivity contribution in [3.05, 3.63) is 18.7 Å². The highest BCUT2D eigenvalue weighted by molar-refractivity contribution is 5.84. The van der Waals surface area contributed by atoms with Gasteiger partial charge in [0.05, 0.1) is 20.2 Å². The van der Waals surface area contributed by atoms with Crippen molar-refractivity contribution in [3.63, 3.8) is 0 Å². The molecule has 1 aromatic rings. The maximum Gasteiger partial charge on any atom is 0.328 e. The predicted octanol–water partition coefficient (Wildman–Crippen LogP) is 7.08. The number of unbranched alkanes of at least 4 members (excludes halogenated alkanes) is 16. The van der Waals surface area contributed by atoms with Crippen molar-refractivity contribution in [3.8, 4) is 0 Å². The molecule has 8 heteroatoms. The number of carbonyl (C=O) groups is 3. The van der Waals surface area contributed by atoms with Crippen LogP contribution in [-0.2, 0) is 32.7 Å². The van der Waals surface area contributed by atoms with E-state index in [1.165, 1.54) is 77.0 Å². The Balaban J connectivity index is 2.05. The van der Waals surface area contributed by atoms with Gasteiger partial charge in [0.15, 0.2) is 0 Å². The van der Waals surface area contributed by atoms with Gasteiger partial charge < -0.3 is 15.4 Å². The van der Waals surface area contributed by atoms with E-state index in [2.05, 4.69) is 45.4 Å². The van der Waals surface area contributed by atoms with Gasteiger partial charge in [-0.3, -0.25) is 9.59 Å². The van der Waals surface area contributed by atoms with Crippen LogP contribution in [-0.4, -0.2) is 41.5 Å². The number of nitrogens with zero attached hydrogens (tertiary/aromatic N) is 2. The molecule has 1 aromatic heterocycles. The number of nitrogens with one attached hydrogen (secondary N) is 2. The minimum atomic E-state index is -0.612. The predicted molar refractivity (Wildman–Crippen MR) is 174 cm³/mol. The lowest BCUT2D eigenvalue weighted by molar-refractivity contribution is -0.671. The number of aromatic nitrogens is 2. The second-order valence-corrected chi connectivity index (χ2v) is 12.2. The summed E-state index contributed by atoms with van der Waals surface area (Å²) in [6, 6.07) is -0.612. The highest BCUT2D eigenvalue weighted by atomic mass is 16.5. The number of amides is 2. The van der Waals surface area contributed by atoms with Gasteiger partial charge in [0, 0.05) is 19.4 Å². The fraction of sp³-hybridized carbons (Fsp3) is 0.829. The van der Waals surface area contributed by atoms with Gasteiger partial charge in [0.2, 0.25) is 18.1 Å². The summed E-state index contributed by atoms with van der Waals surface area (Å²) in [7, 11) is 2.05. The van der Waals surface area contributed by atoms with Gasteiger partial charge in [-0.15, -0.1) is 0 Å². The Bertz CT molecular complexity index is 842. The lowest BCUT2D eigenvalue weighted by atomic mass is 10.1. The highest BCUT2D eigenvalue weighted by Crippen LogP contribution is 2.12. The largest absolute Gasteiger partial charge is 0.464 e. The van der Waals surface area contributed by atoms with E-state index in [0.717, 1.165) is 51.5 Å². The number of carbonyl (C=O) groups excluding carboxylic acids is 3. The Hall–Kier alpha value is -2.38. The second-order valence-electron chi connectivity index (χ2n) is 12.2. The molecule has 0 aliphatic heterocycles. The average Bonchev–Trinajstić information content (AvgIpc) is 3.41. The van der Waals surface area contributed by atoms with Crippen LogP contribution in [0.3, 0.4) is 0 Å². The molecule has 0 bridgehead atoms. The Morgan fingerprint density at radius 1 is 0.721 bits per heavy atom. The summed E-state index contributed by atoms with van der Waals surface area (Å²) in [5, 5.41) is 5.89. The molecule has 0 aliphatic rings. The molecule has 1 rings (SSSR count). The van der Waals surface area contributed by atoms with Crippen LogP contribution < -0.4 is 15.2 Å². The van der Waals surface area contributed by atoms with Crippen LogP contribution in [0.15, 0.2) is 18.7 Å². The van der Waals surface area contributed by atoms with E-state index >= 15 is 0 Å². The SMILES string of the molecule is CCCCCCCCCCCC(=O)NCCCCC(NC(=O)CCCCCCCCCCn1cc[n+](C)c1)C(=O)OCC. The number of imidazole rings is 1. The van der Waals surface area contributed by atoms with E-state index < -0.39 is 6.04 Å². The minimum Gasteiger partial charge on any atom is -0.464 e. The van der Waals surface area contributed by atoms with Crippen molar-refractivity contribution >= 4 is 17.8 Å². The van der Waals surface area contributed by atoms with Gasteiger partial charge >= 0.3 is 5.97 Å². The Morgan fingerprint density at radius 2 is 1.28 bits per heavy atom. The zero-order chi connectivity index (χ0) is 31.4. The maximum absolute atomic E-state index is 12.5. The van der Waals surface area contributed by atoms with Crippen LogP contribution in [0, 0.1) is 0 Å². The van der Waals surface area contributed by atoms with Crippen molar-refractivity contribution in [2.75, 3.05) is 13.2 Å². The molecule has 0 fully saturated rings. The van der Waals surface area contributed by atoms with E-state index in [0.29, 0.717) is 32.4 Å². The van der Waals surface area contributed by atoms with Crippen molar-refractivity contribution in [2.24, 2.45) is 7.05 Å². The summed E-state index contributed by atoms with van der Waals surface area (Å²) < 4.78 is 9.50. The van der Waals surface area contributed by atoms with Gasteiger partial charge in [0.25, 0.3) is 0 Å². The molecule has 0 aromatic carbocycles. The quantitative estimate of drug-likeness (QED) is 0.0580. The smallest absolute Gasteiger partial charge is 0.328 e. The fourth-order valence-electron chi connectivity index (χ4n) is 5.42. The van der Waals surface area contributed by atoms with Crippen LogP contribution in [0.2, 0.25) is 0 Å². The van der Waals surface area contributed by atoms with Crippen LogP contribution >= 0.6 is 0 Å². The van der Waals surface area contributed by atoms with Crippen molar-refractivity contribution in [1.29, 1.82) is 0 Å². The van der Waals surface area contributed by atoms with Crippen molar-refractivity contribution in [2.45, 2.75) is 168 Å². The monoisotopic (exact) mass is 606 g/mol. The lowest BCUT2D eigenvalue weighted by Crippen LogP contribution is -2.41. The third kappa shape index (κ3) is 22.8. The molecule has 1 heterocycles. The topological polar surface area (TPSA) is 93.3 Å². The Labute approximate surface area is 263 Å². The third-order valence-electron chi connectivity index (χ3n) is 8.05.